The van der Waals surface area contributed by atoms with Gasteiger partial charge < -0.3 is 5.32 Å². The van der Waals surface area contributed by atoms with Gasteiger partial charge in [0.25, 0.3) is 0 Å². The Morgan fingerprint density at radius 2 is 1.90 bits per heavy atom. The Balaban J connectivity index is 0.000000704. The highest BCUT2D eigenvalue weighted by atomic mass is 15.0. The molecule has 0 amide bonds. The van der Waals surface area contributed by atoms with Crippen LogP contribution in [0, 0.1) is 23.7 Å². The molecule has 0 aromatic carbocycles. The molecular formula is C19H33N. The van der Waals surface area contributed by atoms with Gasteiger partial charge in [0.05, 0.1) is 0 Å². The van der Waals surface area contributed by atoms with E-state index >= 15 is 0 Å². The van der Waals surface area contributed by atoms with Gasteiger partial charge in [-0.2, -0.15) is 0 Å². The zero-order chi connectivity index (χ0) is 14.8. The van der Waals surface area contributed by atoms with Crippen molar-refractivity contribution in [2.75, 3.05) is 6.54 Å². The fraction of sp³-hybridized carbons (Fsp3) is 0.789. The second kappa shape index (κ2) is 6.47. The number of fused-ring (bicyclic) bond motifs is 3. The van der Waals surface area contributed by atoms with Gasteiger partial charge in [-0.15, -0.1) is 13.2 Å². The molecule has 114 valence electrons. The summed E-state index contributed by atoms with van der Waals surface area (Å²) in [6.07, 6.45) is 11.1. The highest BCUT2D eigenvalue weighted by Crippen LogP contribution is 2.52. The lowest BCUT2D eigenvalue weighted by Gasteiger charge is -2.36. The van der Waals surface area contributed by atoms with Crippen LogP contribution >= 0.6 is 0 Å². The average molecular weight is 275 g/mol. The van der Waals surface area contributed by atoms with Gasteiger partial charge in [0, 0.05) is 5.54 Å². The molecule has 0 aromatic rings. The Bertz CT molecular complexity index is 355. The topological polar surface area (TPSA) is 12.0 Å². The summed E-state index contributed by atoms with van der Waals surface area (Å²) in [5.41, 5.74) is 2.02. The molecule has 4 unspecified atom stereocenters. The van der Waals surface area contributed by atoms with E-state index in [9.17, 15) is 0 Å². The van der Waals surface area contributed by atoms with Gasteiger partial charge in [-0.25, -0.2) is 0 Å². The predicted molar refractivity (Wildman–Crippen MR) is 88.8 cm³/mol. The molecular weight excluding hydrogens is 242 g/mol. The average Bonchev–Trinajstić information content (AvgIpc) is 2.73. The van der Waals surface area contributed by atoms with Gasteiger partial charge in [0.2, 0.25) is 0 Å². The number of hydrogen-bond donors (Lipinski definition) is 1. The zero-order valence-electron chi connectivity index (χ0n) is 13.8. The standard InChI is InChI=1S/C17H29N.C2H4/c1-12-4-5-15-14(10-12)11-13-7-9-18-17(2,3)8-6-16(13)15;1-2/h4,13-16,18H,5-11H2,1-3H3;1-2H2. The maximum atomic E-state index is 3.75. The van der Waals surface area contributed by atoms with E-state index < -0.39 is 0 Å². The number of hydrogen-bond acceptors (Lipinski definition) is 1. The SMILES string of the molecule is C=C.CC1=CCC2C(C1)CC1CCNC(C)(C)CCC12. The molecule has 0 bridgehead atoms. The van der Waals surface area contributed by atoms with Gasteiger partial charge in [-0.1, -0.05) is 11.6 Å². The number of rotatable bonds is 0. The van der Waals surface area contributed by atoms with Crippen LogP contribution < -0.4 is 5.32 Å². The van der Waals surface area contributed by atoms with E-state index in [1.54, 1.807) is 5.57 Å². The molecule has 3 rings (SSSR count). The van der Waals surface area contributed by atoms with Crippen molar-refractivity contribution >= 4 is 0 Å². The van der Waals surface area contributed by atoms with Crippen LogP contribution in [-0.4, -0.2) is 12.1 Å². The lowest BCUT2D eigenvalue weighted by Crippen LogP contribution is -2.43. The maximum absolute atomic E-state index is 3.75. The molecule has 1 heterocycles. The molecule has 4 atom stereocenters. The molecule has 0 aromatic heterocycles. The van der Waals surface area contributed by atoms with Gasteiger partial charge in [0.15, 0.2) is 0 Å². The number of allylic oxidation sites excluding steroid dienone is 2. The second-order valence-corrected chi connectivity index (χ2v) is 7.71. The van der Waals surface area contributed by atoms with Crippen LogP contribution in [0.1, 0.15) is 59.3 Å². The zero-order valence-corrected chi connectivity index (χ0v) is 13.8. The quantitative estimate of drug-likeness (QED) is 0.617. The summed E-state index contributed by atoms with van der Waals surface area (Å²) in [4.78, 5) is 0. The molecule has 1 saturated heterocycles. The molecule has 1 saturated carbocycles. The Kier molecular flexibility index (Phi) is 5.12. The van der Waals surface area contributed by atoms with Crippen LogP contribution in [0.5, 0.6) is 0 Å². The first-order valence-corrected chi connectivity index (χ1v) is 8.46. The third-order valence-corrected chi connectivity index (χ3v) is 5.91. The third kappa shape index (κ3) is 3.36. The van der Waals surface area contributed by atoms with Crippen molar-refractivity contribution in [1.29, 1.82) is 0 Å². The molecule has 2 fully saturated rings. The van der Waals surface area contributed by atoms with Gasteiger partial charge >= 0.3 is 0 Å². The van der Waals surface area contributed by atoms with Crippen molar-refractivity contribution in [3.8, 4) is 0 Å². The van der Waals surface area contributed by atoms with Crippen molar-refractivity contribution in [2.45, 2.75) is 64.8 Å². The minimum Gasteiger partial charge on any atom is -0.312 e. The summed E-state index contributed by atoms with van der Waals surface area (Å²) in [6, 6.07) is 0. The Morgan fingerprint density at radius 3 is 2.65 bits per heavy atom. The summed E-state index contributed by atoms with van der Waals surface area (Å²) in [5, 5.41) is 3.75. The van der Waals surface area contributed by atoms with Gasteiger partial charge in [0.1, 0.15) is 0 Å². The van der Waals surface area contributed by atoms with Crippen LogP contribution in [-0.2, 0) is 0 Å². The maximum Gasteiger partial charge on any atom is 0.0125 e. The fourth-order valence-electron chi connectivity index (χ4n) is 4.87. The first kappa shape index (κ1) is 15.8. The first-order chi connectivity index (χ1) is 9.55. The summed E-state index contributed by atoms with van der Waals surface area (Å²) in [7, 11) is 0. The van der Waals surface area contributed by atoms with Crippen molar-refractivity contribution in [3.63, 3.8) is 0 Å². The van der Waals surface area contributed by atoms with Crippen LogP contribution in [0.4, 0.5) is 0 Å². The van der Waals surface area contributed by atoms with Crippen LogP contribution in [0.25, 0.3) is 0 Å². The van der Waals surface area contributed by atoms with E-state index in [1.165, 1.54) is 45.1 Å². The lowest BCUT2D eigenvalue weighted by atomic mass is 9.74. The molecule has 1 nitrogen and oxygen atoms in total. The predicted octanol–water partition coefficient (Wildman–Crippen LogP) is 4.95. The molecule has 0 radical (unpaired) electrons. The van der Waals surface area contributed by atoms with E-state index in [1.807, 2.05) is 0 Å². The van der Waals surface area contributed by atoms with E-state index in [2.05, 4.69) is 45.3 Å². The highest BCUT2D eigenvalue weighted by Gasteiger charge is 2.44. The summed E-state index contributed by atoms with van der Waals surface area (Å²) in [6.45, 7) is 14.3. The second-order valence-electron chi connectivity index (χ2n) is 7.71. The van der Waals surface area contributed by atoms with E-state index in [-0.39, 0.29) is 0 Å². The van der Waals surface area contributed by atoms with E-state index in [0.717, 1.165) is 23.7 Å². The summed E-state index contributed by atoms with van der Waals surface area (Å²) >= 11 is 0. The number of nitrogens with one attached hydrogen (secondary N) is 1. The monoisotopic (exact) mass is 275 g/mol. The van der Waals surface area contributed by atoms with Crippen molar-refractivity contribution in [3.05, 3.63) is 24.8 Å². The van der Waals surface area contributed by atoms with Crippen LogP contribution in [0.3, 0.4) is 0 Å². The third-order valence-electron chi connectivity index (χ3n) is 5.91. The molecule has 0 spiro atoms. The van der Waals surface area contributed by atoms with Crippen molar-refractivity contribution < 1.29 is 0 Å². The largest absolute Gasteiger partial charge is 0.312 e. The Labute approximate surface area is 125 Å². The van der Waals surface area contributed by atoms with Crippen LogP contribution in [0.2, 0.25) is 0 Å². The molecule has 1 aliphatic heterocycles. The Morgan fingerprint density at radius 1 is 1.15 bits per heavy atom. The minimum atomic E-state index is 0.365. The molecule has 2 aliphatic carbocycles. The molecule has 3 aliphatic rings. The Hall–Kier alpha value is -0.560. The van der Waals surface area contributed by atoms with Gasteiger partial charge in [-0.05, 0) is 89.5 Å². The van der Waals surface area contributed by atoms with Crippen molar-refractivity contribution in [1.82, 2.24) is 5.32 Å². The van der Waals surface area contributed by atoms with Gasteiger partial charge in [-0.3, -0.25) is 0 Å². The molecule has 1 heteroatoms. The van der Waals surface area contributed by atoms with E-state index in [0.29, 0.717) is 5.54 Å². The lowest BCUT2D eigenvalue weighted by molar-refractivity contribution is 0.196. The fourth-order valence-corrected chi connectivity index (χ4v) is 4.87. The first-order valence-electron chi connectivity index (χ1n) is 8.46. The molecule has 20 heavy (non-hydrogen) atoms. The summed E-state index contributed by atoms with van der Waals surface area (Å²) < 4.78 is 0. The van der Waals surface area contributed by atoms with Crippen molar-refractivity contribution in [2.24, 2.45) is 23.7 Å². The normalized spacial score (nSPS) is 39.2. The van der Waals surface area contributed by atoms with Crippen LogP contribution in [0.15, 0.2) is 24.8 Å². The molecule has 1 N–H and O–H groups in total. The van der Waals surface area contributed by atoms with E-state index in [4.69, 9.17) is 0 Å². The smallest absolute Gasteiger partial charge is 0.0125 e. The summed E-state index contributed by atoms with van der Waals surface area (Å²) in [5.74, 6) is 4.09. The highest BCUT2D eigenvalue weighted by molar-refractivity contribution is 5.10. The minimum absolute atomic E-state index is 0.365.